The average molecular weight is 313 g/mol. The van der Waals surface area contributed by atoms with Gasteiger partial charge in [0.2, 0.25) is 0 Å². The van der Waals surface area contributed by atoms with Gasteiger partial charge in [0.05, 0.1) is 29.3 Å². The molecular formula is C13H13ClN2O3S. The number of nitrogens with zero attached hydrogens (tertiary/aromatic N) is 2. The van der Waals surface area contributed by atoms with Gasteiger partial charge in [0.25, 0.3) is 0 Å². The Labute approximate surface area is 125 Å². The van der Waals surface area contributed by atoms with Crippen LogP contribution in [0.25, 0.3) is 5.69 Å². The van der Waals surface area contributed by atoms with Crippen LogP contribution in [0.3, 0.4) is 0 Å². The van der Waals surface area contributed by atoms with Crippen molar-refractivity contribution >= 4 is 29.3 Å². The first-order valence-corrected chi connectivity index (χ1v) is 7.12. The molecule has 106 valence electrons. The molecule has 2 rings (SSSR count). The Bertz CT molecular complexity index is 643. The first-order chi connectivity index (χ1) is 9.51. The summed E-state index contributed by atoms with van der Waals surface area (Å²) >= 11 is 7.17. The molecule has 0 saturated carbocycles. The fraction of sp³-hybridized carbons (Fsp3) is 0.231. The number of benzene rings is 1. The van der Waals surface area contributed by atoms with Gasteiger partial charge in [-0.1, -0.05) is 23.4 Å². The lowest BCUT2D eigenvalue weighted by Gasteiger charge is -2.09. The second kappa shape index (κ2) is 6.19. The van der Waals surface area contributed by atoms with E-state index in [0.29, 0.717) is 15.9 Å². The molecule has 0 aliphatic carbocycles. The van der Waals surface area contributed by atoms with Crippen molar-refractivity contribution in [3.05, 3.63) is 35.1 Å². The molecule has 0 spiro atoms. The quantitative estimate of drug-likeness (QED) is 0.860. The highest BCUT2D eigenvalue weighted by Crippen LogP contribution is 2.29. The van der Waals surface area contributed by atoms with E-state index in [2.05, 4.69) is 4.98 Å². The van der Waals surface area contributed by atoms with Crippen molar-refractivity contribution in [2.24, 2.45) is 0 Å². The number of methoxy groups -OCH3 is 1. The molecule has 0 aliphatic heterocycles. The number of ether oxygens (including phenoxy) is 1. The Morgan fingerprint density at radius 1 is 1.55 bits per heavy atom. The van der Waals surface area contributed by atoms with Crippen LogP contribution in [0.1, 0.15) is 5.69 Å². The van der Waals surface area contributed by atoms with Crippen molar-refractivity contribution in [2.75, 3.05) is 12.9 Å². The number of hydrogen-bond acceptors (Lipinski definition) is 4. The van der Waals surface area contributed by atoms with E-state index in [0.717, 1.165) is 11.4 Å². The predicted octanol–water partition coefficient (Wildman–Crippen LogP) is 3.02. The zero-order chi connectivity index (χ0) is 14.7. The molecule has 1 aromatic heterocycles. The van der Waals surface area contributed by atoms with Crippen molar-refractivity contribution in [1.29, 1.82) is 0 Å². The normalized spacial score (nSPS) is 10.6. The van der Waals surface area contributed by atoms with Gasteiger partial charge in [-0.3, -0.25) is 9.36 Å². The van der Waals surface area contributed by atoms with Crippen molar-refractivity contribution in [1.82, 2.24) is 9.55 Å². The van der Waals surface area contributed by atoms with Crippen LogP contribution in [-0.4, -0.2) is 33.5 Å². The SMILES string of the molecule is COc1cc(-n2cc(C)nc2SCC(=O)O)ccc1Cl. The Balaban J connectivity index is 2.39. The summed E-state index contributed by atoms with van der Waals surface area (Å²) in [5.74, 6) is -0.359. The van der Waals surface area contributed by atoms with Crippen LogP contribution in [-0.2, 0) is 4.79 Å². The maximum absolute atomic E-state index is 10.7. The zero-order valence-electron chi connectivity index (χ0n) is 11.0. The van der Waals surface area contributed by atoms with E-state index in [-0.39, 0.29) is 5.75 Å². The van der Waals surface area contributed by atoms with Crippen LogP contribution in [0, 0.1) is 6.92 Å². The fourth-order valence-electron chi connectivity index (χ4n) is 1.69. The number of aromatic nitrogens is 2. The Hall–Kier alpha value is -1.66. The van der Waals surface area contributed by atoms with E-state index >= 15 is 0 Å². The number of thioether (sulfide) groups is 1. The number of rotatable bonds is 5. The van der Waals surface area contributed by atoms with Crippen LogP contribution in [0.15, 0.2) is 29.6 Å². The van der Waals surface area contributed by atoms with Crippen molar-refractivity contribution in [3.63, 3.8) is 0 Å². The van der Waals surface area contributed by atoms with E-state index in [1.807, 2.05) is 23.8 Å². The molecule has 0 unspecified atom stereocenters. The lowest BCUT2D eigenvalue weighted by molar-refractivity contribution is -0.133. The van der Waals surface area contributed by atoms with Gasteiger partial charge in [0, 0.05) is 12.3 Å². The molecule has 1 N–H and O–H groups in total. The van der Waals surface area contributed by atoms with Gasteiger partial charge in [-0.2, -0.15) is 0 Å². The highest BCUT2D eigenvalue weighted by Gasteiger charge is 2.12. The summed E-state index contributed by atoms with van der Waals surface area (Å²) in [6, 6.07) is 5.35. The molecule has 1 aromatic carbocycles. The van der Waals surface area contributed by atoms with Crippen molar-refractivity contribution in [3.8, 4) is 11.4 Å². The van der Waals surface area contributed by atoms with Crippen molar-refractivity contribution in [2.45, 2.75) is 12.1 Å². The lowest BCUT2D eigenvalue weighted by atomic mass is 10.3. The third-order valence-electron chi connectivity index (χ3n) is 2.53. The Morgan fingerprint density at radius 2 is 2.30 bits per heavy atom. The molecular weight excluding hydrogens is 300 g/mol. The van der Waals surface area contributed by atoms with Crippen LogP contribution in [0.2, 0.25) is 5.02 Å². The number of halogens is 1. The van der Waals surface area contributed by atoms with Gasteiger partial charge >= 0.3 is 5.97 Å². The molecule has 0 atom stereocenters. The largest absolute Gasteiger partial charge is 0.495 e. The summed E-state index contributed by atoms with van der Waals surface area (Å²) in [4.78, 5) is 15.0. The lowest BCUT2D eigenvalue weighted by Crippen LogP contribution is -2.01. The zero-order valence-corrected chi connectivity index (χ0v) is 12.5. The number of hydrogen-bond donors (Lipinski definition) is 1. The predicted molar refractivity (Wildman–Crippen MR) is 78.2 cm³/mol. The van der Waals surface area contributed by atoms with Crippen molar-refractivity contribution < 1.29 is 14.6 Å². The molecule has 0 radical (unpaired) electrons. The van der Waals surface area contributed by atoms with E-state index < -0.39 is 5.97 Å². The minimum absolute atomic E-state index is 0.0405. The minimum Gasteiger partial charge on any atom is -0.495 e. The van der Waals surface area contributed by atoms with Crippen LogP contribution < -0.4 is 4.74 Å². The third kappa shape index (κ3) is 3.26. The van der Waals surface area contributed by atoms with Gasteiger partial charge in [-0.25, -0.2) is 4.98 Å². The molecule has 0 saturated heterocycles. The summed E-state index contributed by atoms with van der Waals surface area (Å²) in [6.07, 6.45) is 1.84. The molecule has 20 heavy (non-hydrogen) atoms. The fourth-order valence-corrected chi connectivity index (χ4v) is 2.64. The van der Waals surface area contributed by atoms with Gasteiger partial charge in [-0.05, 0) is 19.1 Å². The Kier molecular flexibility index (Phi) is 4.57. The van der Waals surface area contributed by atoms with E-state index in [1.165, 1.54) is 11.8 Å². The molecule has 0 bridgehead atoms. The van der Waals surface area contributed by atoms with Gasteiger partial charge < -0.3 is 9.84 Å². The summed E-state index contributed by atoms with van der Waals surface area (Å²) in [6.45, 7) is 1.86. The average Bonchev–Trinajstić information content (AvgIpc) is 2.78. The van der Waals surface area contributed by atoms with E-state index in [9.17, 15) is 4.79 Å². The summed E-state index contributed by atoms with van der Waals surface area (Å²) in [5, 5.41) is 9.91. The number of aliphatic carboxylic acids is 1. The van der Waals surface area contributed by atoms with E-state index in [1.54, 1.807) is 19.2 Å². The van der Waals surface area contributed by atoms with Gasteiger partial charge in [-0.15, -0.1) is 0 Å². The highest BCUT2D eigenvalue weighted by molar-refractivity contribution is 7.99. The van der Waals surface area contributed by atoms with E-state index in [4.69, 9.17) is 21.4 Å². The second-order valence-corrected chi connectivity index (χ2v) is 5.39. The standard InChI is InChI=1S/C13H13ClN2O3S/c1-8-6-16(13(15-8)20-7-12(17)18)9-3-4-10(14)11(5-9)19-2/h3-6H,7H2,1-2H3,(H,17,18). The highest BCUT2D eigenvalue weighted by atomic mass is 35.5. The first-order valence-electron chi connectivity index (χ1n) is 5.75. The summed E-state index contributed by atoms with van der Waals surface area (Å²) < 4.78 is 7.01. The number of carbonyl (C=O) groups is 1. The smallest absolute Gasteiger partial charge is 0.313 e. The monoisotopic (exact) mass is 312 g/mol. The maximum atomic E-state index is 10.7. The molecule has 0 aliphatic rings. The maximum Gasteiger partial charge on any atom is 0.313 e. The topological polar surface area (TPSA) is 64.4 Å². The van der Waals surface area contributed by atoms with Crippen LogP contribution in [0.5, 0.6) is 5.75 Å². The number of carboxylic acids is 1. The van der Waals surface area contributed by atoms with Crippen LogP contribution in [0.4, 0.5) is 0 Å². The molecule has 0 amide bonds. The third-order valence-corrected chi connectivity index (χ3v) is 3.78. The molecule has 0 fully saturated rings. The first kappa shape index (κ1) is 14.7. The summed E-state index contributed by atoms with van der Waals surface area (Å²) in [7, 11) is 1.55. The molecule has 1 heterocycles. The Morgan fingerprint density at radius 3 is 2.95 bits per heavy atom. The number of imidazole rings is 1. The number of aryl methyl sites for hydroxylation is 1. The van der Waals surface area contributed by atoms with Crippen LogP contribution >= 0.6 is 23.4 Å². The minimum atomic E-state index is -0.879. The summed E-state index contributed by atoms with van der Waals surface area (Å²) in [5.41, 5.74) is 1.63. The van der Waals surface area contributed by atoms with Gasteiger partial charge in [0.1, 0.15) is 5.75 Å². The molecule has 5 nitrogen and oxygen atoms in total. The van der Waals surface area contributed by atoms with Gasteiger partial charge in [0.15, 0.2) is 5.16 Å². The number of carboxylic acid groups (broad SMARTS) is 1. The molecule has 7 heteroatoms. The molecule has 2 aromatic rings. The second-order valence-electron chi connectivity index (χ2n) is 4.04.